The second-order valence-corrected chi connectivity index (χ2v) is 6.87. The van der Waals surface area contributed by atoms with Crippen molar-refractivity contribution in [2.75, 3.05) is 5.32 Å². The highest BCUT2D eigenvalue weighted by molar-refractivity contribution is 5.37. The van der Waals surface area contributed by atoms with Gasteiger partial charge in [0, 0.05) is 25.4 Å². The first-order chi connectivity index (χ1) is 7.92. The predicted molar refractivity (Wildman–Crippen MR) is 69.8 cm³/mol. The van der Waals surface area contributed by atoms with E-state index in [0.717, 1.165) is 11.7 Å². The lowest BCUT2D eigenvalue weighted by Crippen LogP contribution is -2.45. The first kappa shape index (κ1) is 11.1. The molecule has 1 aromatic rings. The van der Waals surface area contributed by atoms with Crippen molar-refractivity contribution in [3.05, 3.63) is 12.3 Å². The van der Waals surface area contributed by atoms with Crippen LogP contribution in [0.15, 0.2) is 12.3 Å². The van der Waals surface area contributed by atoms with Gasteiger partial charge in [0.1, 0.15) is 5.82 Å². The molecule has 2 saturated carbocycles. The molecule has 1 heterocycles. The molecule has 3 heteroatoms. The SMILES string of the molecule is Cn1ccc(NC2C3(C)CCC(C3)C2(C)C)n1. The van der Waals surface area contributed by atoms with Crippen molar-refractivity contribution in [3.63, 3.8) is 0 Å². The molecule has 0 amide bonds. The molecule has 1 N–H and O–H groups in total. The molecule has 2 aliphatic carbocycles. The molecule has 0 aromatic carbocycles. The summed E-state index contributed by atoms with van der Waals surface area (Å²) in [7, 11) is 1.97. The van der Waals surface area contributed by atoms with Crippen molar-refractivity contribution in [1.82, 2.24) is 9.78 Å². The van der Waals surface area contributed by atoms with Gasteiger partial charge < -0.3 is 5.32 Å². The van der Waals surface area contributed by atoms with Crippen LogP contribution in [-0.2, 0) is 7.05 Å². The van der Waals surface area contributed by atoms with Gasteiger partial charge in [-0.2, -0.15) is 5.10 Å². The van der Waals surface area contributed by atoms with Crippen molar-refractivity contribution in [3.8, 4) is 0 Å². The Kier molecular flexibility index (Phi) is 2.14. The van der Waals surface area contributed by atoms with Crippen LogP contribution in [0.2, 0.25) is 0 Å². The van der Waals surface area contributed by atoms with Crippen LogP contribution in [0.5, 0.6) is 0 Å². The van der Waals surface area contributed by atoms with E-state index in [2.05, 4.69) is 37.3 Å². The highest BCUT2D eigenvalue weighted by atomic mass is 15.3. The molecule has 94 valence electrons. The van der Waals surface area contributed by atoms with E-state index in [0.29, 0.717) is 16.9 Å². The Morgan fingerprint density at radius 3 is 2.71 bits per heavy atom. The van der Waals surface area contributed by atoms with E-state index in [1.54, 1.807) is 0 Å². The molecule has 0 radical (unpaired) electrons. The van der Waals surface area contributed by atoms with Crippen molar-refractivity contribution in [1.29, 1.82) is 0 Å². The summed E-state index contributed by atoms with van der Waals surface area (Å²) in [5.41, 5.74) is 0.857. The van der Waals surface area contributed by atoms with Gasteiger partial charge in [0.15, 0.2) is 0 Å². The quantitative estimate of drug-likeness (QED) is 0.851. The lowest BCUT2D eigenvalue weighted by atomic mass is 9.68. The Bertz CT molecular complexity index is 430. The van der Waals surface area contributed by atoms with Crippen LogP contribution in [0, 0.1) is 16.7 Å². The smallest absolute Gasteiger partial charge is 0.148 e. The summed E-state index contributed by atoms with van der Waals surface area (Å²) in [6, 6.07) is 2.63. The van der Waals surface area contributed by atoms with E-state index in [1.165, 1.54) is 19.3 Å². The zero-order valence-corrected chi connectivity index (χ0v) is 11.3. The van der Waals surface area contributed by atoms with Crippen molar-refractivity contribution < 1.29 is 0 Å². The normalized spacial score (nSPS) is 38.6. The van der Waals surface area contributed by atoms with Crippen LogP contribution >= 0.6 is 0 Å². The molecule has 3 nitrogen and oxygen atoms in total. The molecule has 2 aliphatic rings. The van der Waals surface area contributed by atoms with Gasteiger partial charge in [-0.05, 0) is 36.0 Å². The number of rotatable bonds is 2. The van der Waals surface area contributed by atoms with Crippen LogP contribution in [0.4, 0.5) is 5.82 Å². The molecule has 0 spiro atoms. The Morgan fingerprint density at radius 2 is 2.18 bits per heavy atom. The Balaban J connectivity index is 1.87. The topological polar surface area (TPSA) is 29.9 Å². The Morgan fingerprint density at radius 1 is 1.41 bits per heavy atom. The van der Waals surface area contributed by atoms with Gasteiger partial charge in [-0.25, -0.2) is 0 Å². The molecule has 17 heavy (non-hydrogen) atoms. The van der Waals surface area contributed by atoms with E-state index in [9.17, 15) is 0 Å². The number of nitrogens with one attached hydrogen (secondary N) is 1. The average molecular weight is 233 g/mol. The zero-order chi connectivity index (χ0) is 12.3. The van der Waals surface area contributed by atoms with Crippen LogP contribution in [0.1, 0.15) is 40.0 Å². The maximum Gasteiger partial charge on any atom is 0.148 e. The fourth-order valence-electron chi connectivity index (χ4n) is 4.30. The molecule has 3 atom stereocenters. The standard InChI is InChI=1S/C14H23N3/c1-13(2)10-5-7-14(3,9-10)12(13)15-11-6-8-17(4)16-11/h6,8,10,12H,5,7,9H2,1-4H3,(H,15,16). The van der Waals surface area contributed by atoms with E-state index >= 15 is 0 Å². The molecule has 3 unspecified atom stereocenters. The summed E-state index contributed by atoms with van der Waals surface area (Å²) >= 11 is 0. The van der Waals surface area contributed by atoms with Crippen LogP contribution in [0.3, 0.4) is 0 Å². The second-order valence-electron chi connectivity index (χ2n) is 6.87. The Labute approximate surface area is 104 Å². The van der Waals surface area contributed by atoms with E-state index in [-0.39, 0.29) is 0 Å². The third-order valence-corrected chi connectivity index (χ3v) is 5.28. The lowest BCUT2D eigenvalue weighted by molar-refractivity contribution is 0.155. The van der Waals surface area contributed by atoms with E-state index in [4.69, 9.17) is 0 Å². The highest BCUT2D eigenvalue weighted by Crippen LogP contribution is 2.62. The molecule has 2 fully saturated rings. The highest BCUT2D eigenvalue weighted by Gasteiger charge is 2.59. The number of hydrogen-bond donors (Lipinski definition) is 1. The number of hydrogen-bond acceptors (Lipinski definition) is 2. The van der Waals surface area contributed by atoms with Gasteiger partial charge >= 0.3 is 0 Å². The van der Waals surface area contributed by atoms with Crippen molar-refractivity contribution >= 4 is 5.82 Å². The largest absolute Gasteiger partial charge is 0.365 e. The number of anilines is 1. The third kappa shape index (κ3) is 1.51. The minimum atomic E-state index is 0.393. The summed E-state index contributed by atoms with van der Waals surface area (Å²) in [6.45, 7) is 7.29. The van der Waals surface area contributed by atoms with Crippen LogP contribution in [-0.4, -0.2) is 15.8 Å². The summed E-state index contributed by atoms with van der Waals surface area (Å²) in [4.78, 5) is 0. The van der Waals surface area contributed by atoms with Gasteiger partial charge in [-0.3, -0.25) is 4.68 Å². The maximum absolute atomic E-state index is 4.46. The van der Waals surface area contributed by atoms with E-state index in [1.807, 2.05) is 17.9 Å². The molecule has 0 aliphatic heterocycles. The zero-order valence-electron chi connectivity index (χ0n) is 11.3. The number of nitrogens with zero attached hydrogens (tertiary/aromatic N) is 2. The summed E-state index contributed by atoms with van der Waals surface area (Å²) in [5, 5.41) is 8.15. The molecular weight excluding hydrogens is 210 g/mol. The first-order valence-corrected chi connectivity index (χ1v) is 6.68. The van der Waals surface area contributed by atoms with Gasteiger partial charge in [0.25, 0.3) is 0 Å². The Hall–Kier alpha value is -0.990. The average Bonchev–Trinajstić information content (AvgIpc) is 2.85. The number of fused-ring (bicyclic) bond motifs is 2. The second kappa shape index (κ2) is 3.27. The molecule has 3 rings (SSSR count). The number of aryl methyl sites for hydroxylation is 1. The van der Waals surface area contributed by atoms with Gasteiger partial charge in [0.05, 0.1) is 0 Å². The molecule has 1 aromatic heterocycles. The monoisotopic (exact) mass is 233 g/mol. The number of aromatic nitrogens is 2. The van der Waals surface area contributed by atoms with E-state index < -0.39 is 0 Å². The summed E-state index contributed by atoms with van der Waals surface area (Å²) in [5.74, 6) is 1.91. The maximum atomic E-state index is 4.46. The van der Waals surface area contributed by atoms with Crippen LogP contribution in [0.25, 0.3) is 0 Å². The lowest BCUT2D eigenvalue weighted by Gasteiger charge is -2.43. The van der Waals surface area contributed by atoms with Crippen molar-refractivity contribution in [2.24, 2.45) is 23.8 Å². The first-order valence-electron chi connectivity index (χ1n) is 6.68. The van der Waals surface area contributed by atoms with Gasteiger partial charge in [0.2, 0.25) is 0 Å². The van der Waals surface area contributed by atoms with Crippen molar-refractivity contribution in [2.45, 2.75) is 46.1 Å². The minimum Gasteiger partial charge on any atom is -0.365 e. The molecular formula is C14H23N3. The third-order valence-electron chi connectivity index (χ3n) is 5.28. The summed E-state index contributed by atoms with van der Waals surface area (Å²) < 4.78 is 1.87. The predicted octanol–water partition coefficient (Wildman–Crippen LogP) is 3.05. The van der Waals surface area contributed by atoms with Gasteiger partial charge in [-0.1, -0.05) is 20.8 Å². The molecule has 0 saturated heterocycles. The van der Waals surface area contributed by atoms with Gasteiger partial charge in [-0.15, -0.1) is 0 Å². The minimum absolute atomic E-state index is 0.393. The fraction of sp³-hybridized carbons (Fsp3) is 0.786. The van der Waals surface area contributed by atoms with Crippen LogP contribution < -0.4 is 5.32 Å². The summed E-state index contributed by atoms with van der Waals surface area (Å²) in [6.07, 6.45) is 6.16. The molecule has 2 bridgehead atoms. The fourth-order valence-corrected chi connectivity index (χ4v) is 4.30.